The molecule has 0 atom stereocenters. The molecule has 0 saturated heterocycles. The van der Waals surface area contributed by atoms with Crippen LogP contribution in [0, 0.1) is 0 Å². The van der Waals surface area contributed by atoms with Gasteiger partial charge in [0, 0.05) is 6.08 Å². The quantitative estimate of drug-likeness (QED) is 0.521. The van der Waals surface area contributed by atoms with Gasteiger partial charge in [0.15, 0.2) is 0 Å². The molecule has 0 aliphatic carbocycles. The highest BCUT2D eigenvalue weighted by molar-refractivity contribution is 6.02. The van der Waals surface area contributed by atoms with Gasteiger partial charge in [0.2, 0.25) is 5.91 Å². The van der Waals surface area contributed by atoms with Crippen molar-refractivity contribution in [1.82, 2.24) is 0 Å². The highest BCUT2D eigenvalue weighted by Crippen LogP contribution is 2.24. The lowest BCUT2D eigenvalue weighted by Gasteiger charge is -2.11. The summed E-state index contributed by atoms with van der Waals surface area (Å²) in [4.78, 5) is 12.2. The number of unbranched alkanes of at least 4 members (excludes halogenated alkanes) is 1. The SMILES string of the molecule is CCCCOc1ccccc1NC(=O)/C=C/c1ccc(OCC)cc1. The van der Waals surface area contributed by atoms with Crippen LogP contribution in [-0.4, -0.2) is 19.1 Å². The third-order valence-corrected chi connectivity index (χ3v) is 3.52. The van der Waals surface area contributed by atoms with Gasteiger partial charge in [-0.25, -0.2) is 0 Å². The smallest absolute Gasteiger partial charge is 0.248 e. The van der Waals surface area contributed by atoms with Crippen LogP contribution >= 0.6 is 0 Å². The van der Waals surface area contributed by atoms with Gasteiger partial charge in [0.05, 0.1) is 18.9 Å². The van der Waals surface area contributed by atoms with Crippen LogP contribution in [0.25, 0.3) is 6.08 Å². The van der Waals surface area contributed by atoms with Crippen LogP contribution in [0.5, 0.6) is 11.5 Å². The minimum absolute atomic E-state index is 0.194. The fourth-order valence-electron chi connectivity index (χ4n) is 2.21. The highest BCUT2D eigenvalue weighted by atomic mass is 16.5. The molecular formula is C21H25NO3. The monoisotopic (exact) mass is 339 g/mol. The maximum Gasteiger partial charge on any atom is 0.248 e. The Balaban J connectivity index is 1.95. The van der Waals surface area contributed by atoms with Crippen molar-refractivity contribution in [2.75, 3.05) is 18.5 Å². The minimum atomic E-state index is -0.194. The van der Waals surface area contributed by atoms with Crippen molar-refractivity contribution >= 4 is 17.7 Å². The van der Waals surface area contributed by atoms with Crippen molar-refractivity contribution in [3.8, 4) is 11.5 Å². The van der Waals surface area contributed by atoms with E-state index in [2.05, 4.69) is 12.2 Å². The predicted molar refractivity (Wildman–Crippen MR) is 102 cm³/mol. The molecule has 0 heterocycles. The summed E-state index contributed by atoms with van der Waals surface area (Å²) in [5, 5.41) is 2.86. The third kappa shape index (κ3) is 6.34. The first-order valence-electron chi connectivity index (χ1n) is 8.66. The van der Waals surface area contributed by atoms with Crippen LogP contribution in [0.2, 0.25) is 0 Å². The van der Waals surface area contributed by atoms with E-state index in [0.717, 1.165) is 24.2 Å². The lowest BCUT2D eigenvalue weighted by Crippen LogP contribution is -2.09. The minimum Gasteiger partial charge on any atom is -0.494 e. The maximum absolute atomic E-state index is 12.2. The van der Waals surface area contributed by atoms with Gasteiger partial charge in [-0.1, -0.05) is 37.6 Å². The van der Waals surface area contributed by atoms with Gasteiger partial charge in [0.1, 0.15) is 11.5 Å². The van der Waals surface area contributed by atoms with E-state index >= 15 is 0 Å². The zero-order valence-corrected chi connectivity index (χ0v) is 14.8. The summed E-state index contributed by atoms with van der Waals surface area (Å²) in [5.74, 6) is 1.32. The maximum atomic E-state index is 12.2. The first kappa shape index (κ1) is 18.6. The van der Waals surface area contributed by atoms with Gasteiger partial charge in [0.25, 0.3) is 0 Å². The second-order valence-electron chi connectivity index (χ2n) is 5.52. The van der Waals surface area contributed by atoms with Crippen molar-refractivity contribution in [3.63, 3.8) is 0 Å². The van der Waals surface area contributed by atoms with E-state index in [9.17, 15) is 4.79 Å². The molecule has 4 heteroatoms. The standard InChI is InChI=1S/C21H25NO3/c1-3-5-16-25-20-9-7-6-8-19(20)22-21(23)15-12-17-10-13-18(14-11-17)24-4-2/h6-15H,3-5,16H2,1-2H3,(H,22,23)/b15-12+. The molecular weight excluding hydrogens is 314 g/mol. The Bertz CT molecular complexity index is 693. The molecule has 0 radical (unpaired) electrons. The number of hydrogen-bond donors (Lipinski definition) is 1. The van der Waals surface area contributed by atoms with Crippen LogP contribution in [0.1, 0.15) is 32.3 Å². The topological polar surface area (TPSA) is 47.6 Å². The molecule has 132 valence electrons. The zero-order valence-electron chi connectivity index (χ0n) is 14.8. The fraction of sp³-hybridized carbons (Fsp3) is 0.286. The number of nitrogens with one attached hydrogen (secondary N) is 1. The van der Waals surface area contributed by atoms with Gasteiger partial charge in [-0.3, -0.25) is 4.79 Å². The molecule has 2 aromatic carbocycles. The molecule has 0 fully saturated rings. The van der Waals surface area contributed by atoms with Gasteiger partial charge < -0.3 is 14.8 Å². The van der Waals surface area contributed by atoms with E-state index in [1.807, 2.05) is 55.5 Å². The van der Waals surface area contributed by atoms with E-state index in [1.54, 1.807) is 6.08 Å². The number of rotatable bonds is 9. The number of hydrogen-bond acceptors (Lipinski definition) is 3. The molecule has 1 amide bonds. The van der Waals surface area contributed by atoms with Gasteiger partial charge in [-0.15, -0.1) is 0 Å². The first-order valence-corrected chi connectivity index (χ1v) is 8.66. The Morgan fingerprint density at radius 2 is 1.80 bits per heavy atom. The Morgan fingerprint density at radius 3 is 2.52 bits per heavy atom. The number of carbonyl (C=O) groups excluding carboxylic acids is 1. The third-order valence-electron chi connectivity index (χ3n) is 3.52. The second-order valence-corrected chi connectivity index (χ2v) is 5.52. The number of benzene rings is 2. The van der Waals surface area contributed by atoms with Gasteiger partial charge in [-0.05, 0) is 49.2 Å². The van der Waals surface area contributed by atoms with Crippen molar-refractivity contribution < 1.29 is 14.3 Å². The molecule has 0 spiro atoms. The summed E-state index contributed by atoms with van der Waals surface area (Å²) in [6.45, 7) is 5.34. The van der Waals surface area contributed by atoms with E-state index in [1.165, 1.54) is 6.08 Å². The van der Waals surface area contributed by atoms with E-state index in [-0.39, 0.29) is 5.91 Å². The summed E-state index contributed by atoms with van der Waals surface area (Å²) >= 11 is 0. The van der Waals surface area contributed by atoms with Gasteiger partial charge >= 0.3 is 0 Å². The molecule has 2 aromatic rings. The predicted octanol–water partition coefficient (Wildman–Crippen LogP) is 4.92. The fourth-order valence-corrected chi connectivity index (χ4v) is 2.21. The van der Waals surface area contributed by atoms with E-state index < -0.39 is 0 Å². The number of amides is 1. The average Bonchev–Trinajstić information content (AvgIpc) is 2.63. The van der Waals surface area contributed by atoms with Crippen LogP contribution in [0.15, 0.2) is 54.6 Å². The lowest BCUT2D eigenvalue weighted by molar-refractivity contribution is -0.111. The molecule has 0 aliphatic rings. The Morgan fingerprint density at radius 1 is 1.04 bits per heavy atom. The molecule has 4 nitrogen and oxygen atoms in total. The Hall–Kier alpha value is -2.75. The molecule has 0 bridgehead atoms. The van der Waals surface area contributed by atoms with Crippen molar-refractivity contribution in [2.45, 2.75) is 26.7 Å². The molecule has 1 N–H and O–H groups in total. The number of para-hydroxylation sites is 2. The van der Waals surface area contributed by atoms with Crippen LogP contribution in [0.3, 0.4) is 0 Å². The summed E-state index contributed by atoms with van der Waals surface area (Å²) in [6, 6.07) is 15.1. The average molecular weight is 339 g/mol. The van der Waals surface area contributed by atoms with Gasteiger partial charge in [-0.2, -0.15) is 0 Å². The largest absolute Gasteiger partial charge is 0.494 e. The lowest BCUT2D eigenvalue weighted by atomic mass is 10.2. The second kappa shape index (κ2) is 10.2. The molecule has 0 aromatic heterocycles. The highest BCUT2D eigenvalue weighted by Gasteiger charge is 2.05. The van der Waals surface area contributed by atoms with Crippen LogP contribution in [0.4, 0.5) is 5.69 Å². The van der Waals surface area contributed by atoms with Crippen molar-refractivity contribution in [3.05, 3.63) is 60.2 Å². The summed E-state index contributed by atoms with van der Waals surface area (Å²) in [7, 11) is 0. The molecule has 0 unspecified atom stereocenters. The molecule has 0 aliphatic heterocycles. The Labute approximate surface area is 149 Å². The van der Waals surface area contributed by atoms with Crippen molar-refractivity contribution in [2.24, 2.45) is 0 Å². The first-order chi connectivity index (χ1) is 12.2. The molecule has 2 rings (SSSR count). The van der Waals surface area contributed by atoms with E-state index in [0.29, 0.717) is 24.7 Å². The molecule has 25 heavy (non-hydrogen) atoms. The summed E-state index contributed by atoms with van der Waals surface area (Å²) in [6.07, 6.45) is 5.34. The summed E-state index contributed by atoms with van der Waals surface area (Å²) in [5.41, 5.74) is 1.62. The van der Waals surface area contributed by atoms with Crippen LogP contribution in [-0.2, 0) is 4.79 Å². The number of anilines is 1. The van der Waals surface area contributed by atoms with Crippen LogP contribution < -0.4 is 14.8 Å². The normalized spacial score (nSPS) is 10.6. The number of ether oxygens (including phenoxy) is 2. The number of carbonyl (C=O) groups is 1. The van der Waals surface area contributed by atoms with Crippen molar-refractivity contribution in [1.29, 1.82) is 0 Å². The zero-order chi connectivity index (χ0) is 17.9. The summed E-state index contributed by atoms with van der Waals surface area (Å²) < 4.78 is 11.1. The van der Waals surface area contributed by atoms with E-state index in [4.69, 9.17) is 9.47 Å². The molecule has 0 saturated carbocycles. The Kier molecular flexibility index (Phi) is 7.57.